The van der Waals surface area contributed by atoms with Crippen molar-refractivity contribution in [1.82, 2.24) is 4.57 Å². The van der Waals surface area contributed by atoms with Gasteiger partial charge in [0.2, 0.25) is 5.91 Å². The number of amides is 1. The number of aryl methyl sites for hydroxylation is 2. The molecule has 1 saturated carbocycles. The number of carbonyl (C=O) groups excluding carboxylic acids is 1. The second kappa shape index (κ2) is 5.40. The Kier molecular flexibility index (Phi) is 3.56. The van der Waals surface area contributed by atoms with E-state index in [2.05, 4.69) is 5.32 Å². The van der Waals surface area contributed by atoms with Crippen LogP contribution in [0.25, 0.3) is 0 Å². The fourth-order valence-corrected chi connectivity index (χ4v) is 2.64. The van der Waals surface area contributed by atoms with E-state index in [1.807, 2.05) is 0 Å². The minimum Gasteiger partial charge on any atom is -0.324 e. The molecular weight excluding hydrogens is 283 g/mol. The van der Waals surface area contributed by atoms with Crippen LogP contribution in [-0.2, 0) is 11.8 Å². The van der Waals surface area contributed by atoms with Gasteiger partial charge in [0, 0.05) is 25.2 Å². The molecule has 1 aliphatic carbocycles. The monoisotopic (exact) mass is 300 g/mol. The lowest BCUT2D eigenvalue weighted by Crippen LogP contribution is -2.20. The Morgan fingerprint density at radius 3 is 2.68 bits per heavy atom. The molecule has 0 spiro atoms. The molecule has 2 aromatic rings. The molecule has 22 heavy (non-hydrogen) atoms. The second-order valence-electron chi connectivity index (χ2n) is 5.81. The van der Waals surface area contributed by atoms with E-state index in [0.29, 0.717) is 5.69 Å². The van der Waals surface area contributed by atoms with Crippen LogP contribution in [0.3, 0.4) is 0 Å². The van der Waals surface area contributed by atoms with Crippen LogP contribution < -0.4 is 10.9 Å². The van der Waals surface area contributed by atoms with Gasteiger partial charge in [-0.15, -0.1) is 0 Å². The van der Waals surface area contributed by atoms with Crippen LogP contribution in [0.15, 0.2) is 41.3 Å². The van der Waals surface area contributed by atoms with E-state index in [-0.39, 0.29) is 29.1 Å². The van der Waals surface area contributed by atoms with Crippen LogP contribution in [0.4, 0.5) is 10.1 Å². The minimum absolute atomic E-state index is 0.0592. The van der Waals surface area contributed by atoms with Gasteiger partial charge in [-0.1, -0.05) is 12.1 Å². The molecule has 2 atom stereocenters. The molecule has 3 rings (SSSR count). The predicted octanol–water partition coefficient (Wildman–Crippen LogP) is 2.58. The first-order valence-corrected chi connectivity index (χ1v) is 7.19. The van der Waals surface area contributed by atoms with E-state index in [9.17, 15) is 14.0 Å². The number of rotatable bonds is 3. The number of nitrogens with zero attached hydrogens (tertiary/aromatic N) is 1. The molecule has 4 nitrogen and oxygen atoms in total. The highest BCUT2D eigenvalue weighted by molar-refractivity contribution is 5.95. The highest BCUT2D eigenvalue weighted by Gasteiger charge is 2.44. The highest BCUT2D eigenvalue weighted by Crippen LogP contribution is 2.48. The zero-order chi connectivity index (χ0) is 15.9. The Hall–Kier alpha value is -2.43. The summed E-state index contributed by atoms with van der Waals surface area (Å²) in [6, 6.07) is 7.79. The topological polar surface area (TPSA) is 51.1 Å². The summed E-state index contributed by atoms with van der Waals surface area (Å²) < 4.78 is 14.4. The molecule has 0 saturated heterocycles. The number of hydrogen-bond acceptors (Lipinski definition) is 2. The largest absolute Gasteiger partial charge is 0.324 e. The Morgan fingerprint density at radius 2 is 2.00 bits per heavy atom. The Labute approximate surface area is 127 Å². The van der Waals surface area contributed by atoms with Crippen LogP contribution in [-0.4, -0.2) is 10.5 Å². The number of halogens is 1. The summed E-state index contributed by atoms with van der Waals surface area (Å²) in [7, 11) is 1.65. The van der Waals surface area contributed by atoms with Crippen LogP contribution in [0, 0.1) is 18.7 Å². The molecule has 1 aliphatic rings. The average Bonchev–Trinajstić information content (AvgIpc) is 3.26. The first-order chi connectivity index (χ1) is 10.5. The molecule has 2 unspecified atom stereocenters. The first-order valence-electron chi connectivity index (χ1n) is 7.19. The molecule has 1 N–H and O–H groups in total. The predicted molar refractivity (Wildman–Crippen MR) is 82.3 cm³/mol. The average molecular weight is 300 g/mol. The van der Waals surface area contributed by atoms with Gasteiger partial charge in [-0.25, -0.2) is 4.39 Å². The quantitative estimate of drug-likeness (QED) is 0.947. The third kappa shape index (κ3) is 2.79. The van der Waals surface area contributed by atoms with Gasteiger partial charge < -0.3 is 9.88 Å². The second-order valence-corrected chi connectivity index (χ2v) is 5.81. The molecule has 1 aromatic heterocycles. The highest BCUT2D eigenvalue weighted by atomic mass is 19.1. The molecule has 0 radical (unpaired) electrons. The number of benzene rings is 1. The Morgan fingerprint density at radius 1 is 1.32 bits per heavy atom. The van der Waals surface area contributed by atoms with Gasteiger partial charge >= 0.3 is 0 Å². The SMILES string of the molecule is Cc1cc(=O)n(C)cc1NC(=O)C1CC1c1ccc(F)cc1. The van der Waals surface area contributed by atoms with Crippen molar-refractivity contribution in [3.63, 3.8) is 0 Å². The normalized spacial score (nSPS) is 19.8. The lowest BCUT2D eigenvalue weighted by atomic mass is 10.1. The molecule has 5 heteroatoms. The molecule has 1 fully saturated rings. The number of pyridine rings is 1. The standard InChI is InChI=1S/C17H17FN2O2/c1-10-7-16(21)20(2)9-15(10)19-17(22)14-8-13(14)11-3-5-12(18)6-4-11/h3-7,9,13-14H,8H2,1-2H3,(H,19,22). The molecule has 0 aliphatic heterocycles. The maximum absolute atomic E-state index is 12.9. The fraction of sp³-hybridized carbons (Fsp3) is 0.294. The summed E-state index contributed by atoms with van der Waals surface area (Å²) in [5.41, 5.74) is 2.28. The number of anilines is 1. The van der Waals surface area contributed by atoms with Crippen molar-refractivity contribution in [3.8, 4) is 0 Å². The Bertz CT molecular complexity index is 780. The summed E-state index contributed by atoms with van der Waals surface area (Å²) in [5.74, 6) is -0.280. The number of carbonyl (C=O) groups is 1. The van der Waals surface area contributed by atoms with Gasteiger partial charge in [0.1, 0.15) is 5.82 Å². The lowest BCUT2D eigenvalue weighted by Gasteiger charge is -2.09. The van der Waals surface area contributed by atoms with Crippen molar-refractivity contribution < 1.29 is 9.18 Å². The fourth-order valence-electron chi connectivity index (χ4n) is 2.64. The van der Waals surface area contributed by atoms with Crippen molar-refractivity contribution >= 4 is 11.6 Å². The van der Waals surface area contributed by atoms with E-state index in [1.165, 1.54) is 22.8 Å². The van der Waals surface area contributed by atoms with E-state index in [1.54, 1.807) is 32.3 Å². The van der Waals surface area contributed by atoms with Crippen LogP contribution in [0.5, 0.6) is 0 Å². The maximum atomic E-state index is 12.9. The van der Waals surface area contributed by atoms with Crippen LogP contribution in [0.2, 0.25) is 0 Å². The van der Waals surface area contributed by atoms with Crippen molar-refractivity contribution in [2.75, 3.05) is 5.32 Å². The van der Waals surface area contributed by atoms with Gasteiger partial charge in [-0.3, -0.25) is 9.59 Å². The third-order valence-electron chi connectivity index (χ3n) is 4.12. The van der Waals surface area contributed by atoms with Gasteiger partial charge in [0.05, 0.1) is 5.69 Å². The summed E-state index contributed by atoms with van der Waals surface area (Å²) >= 11 is 0. The summed E-state index contributed by atoms with van der Waals surface area (Å²) in [6.45, 7) is 1.79. The maximum Gasteiger partial charge on any atom is 0.250 e. The van der Waals surface area contributed by atoms with Crippen molar-refractivity contribution in [1.29, 1.82) is 0 Å². The van der Waals surface area contributed by atoms with Crippen LogP contribution >= 0.6 is 0 Å². The van der Waals surface area contributed by atoms with Gasteiger partial charge in [0.25, 0.3) is 5.56 Å². The third-order valence-corrected chi connectivity index (χ3v) is 4.12. The molecule has 1 amide bonds. The van der Waals surface area contributed by atoms with Crippen molar-refractivity contribution in [3.05, 3.63) is 63.8 Å². The molecule has 114 valence electrons. The van der Waals surface area contributed by atoms with Crippen LogP contribution in [0.1, 0.15) is 23.5 Å². The number of nitrogens with one attached hydrogen (secondary N) is 1. The summed E-state index contributed by atoms with van der Waals surface area (Å²) in [4.78, 5) is 23.8. The van der Waals surface area contributed by atoms with Gasteiger partial charge in [-0.2, -0.15) is 0 Å². The van der Waals surface area contributed by atoms with E-state index in [0.717, 1.165) is 17.5 Å². The summed E-state index contributed by atoms with van der Waals surface area (Å²) in [6.07, 6.45) is 2.40. The van der Waals surface area contributed by atoms with E-state index in [4.69, 9.17) is 0 Å². The first kappa shape index (κ1) is 14.5. The van der Waals surface area contributed by atoms with E-state index < -0.39 is 0 Å². The van der Waals surface area contributed by atoms with Crippen molar-refractivity contribution in [2.45, 2.75) is 19.3 Å². The van der Waals surface area contributed by atoms with Gasteiger partial charge in [-0.05, 0) is 42.5 Å². The van der Waals surface area contributed by atoms with Crippen molar-refractivity contribution in [2.24, 2.45) is 13.0 Å². The number of hydrogen-bond donors (Lipinski definition) is 1. The lowest BCUT2D eigenvalue weighted by molar-refractivity contribution is -0.117. The zero-order valence-electron chi connectivity index (χ0n) is 12.5. The molecular formula is C17H17FN2O2. The smallest absolute Gasteiger partial charge is 0.250 e. The minimum atomic E-state index is -0.272. The molecule has 0 bridgehead atoms. The van der Waals surface area contributed by atoms with Gasteiger partial charge in [0.15, 0.2) is 0 Å². The molecule has 1 aromatic carbocycles. The molecule has 1 heterocycles. The zero-order valence-corrected chi connectivity index (χ0v) is 12.5. The summed E-state index contributed by atoms with van der Waals surface area (Å²) in [5, 5.41) is 2.88. The van der Waals surface area contributed by atoms with E-state index >= 15 is 0 Å². The number of aromatic nitrogens is 1. The Balaban J connectivity index is 1.70.